The number of rotatable bonds is 3. The van der Waals surface area contributed by atoms with Gasteiger partial charge in [-0.2, -0.15) is 15.0 Å². The maximum absolute atomic E-state index is 5.58. The first-order valence-electron chi connectivity index (χ1n) is 5.19. The van der Waals surface area contributed by atoms with Crippen molar-refractivity contribution in [1.29, 1.82) is 0 Å². The Morgan fingerprint density at radius 1 is 1.17 bits per heavy atom. The van der Waals surface area contributed by atoms with E-state index in [0.29, 0.717) is 11.6 Å². The molecule has 0 atom stereocenters. The number of anilines is 2. The molecule has 18 heavy (non-hydrogen) atoms. The van der Waals surface area contributed by atoms with E-state index in [-0.39, 0.29) is 18.5 Å². The molecule has 7 heteroatoms. The number of aryl methyl sites for hydroxylation is 1. The minimum atomic E-state index is 0.0871. The topological polar surface area (TPSA) is 99.9 Å². The lowest BCUT2D eigenvalue weighted by Gasteiger charge is -2.08. The largest absolute Gasteiger partial charge is 0.484 e. The van der Waals surface area contributed by atoms with E-state index in [2.05, 4.69) is 30.9 Å². The highest BCUT2D eigenvalue weighted by atomic mass is 79.9. The molecule has 6 nitrogen and oxygen atoms in total. The second kappa shape index (κ2) is 5.18. The summed E-state index contributed by atoms with van der Waals surface area (Å²) in [5.41, 5.74) is 12.1. The van der Waals surface area contributed by atoms with Gasteiger partial charge in [0.1, 0.15) is 12.4 Å². The van der Waals surface area contributed by atoms with E-state index in [9.17, 15) is 0 Å². The van der Waals surface area contributed by atoms with Gasteiger partial charge in [0.25, 0.3) is 0 Å². The molecule has 2 aromatic rings. The van der Waals surface area contributed by atoms with E-state index in [1.165, 1.54) is 0 Å². The van der Waals surface area contributed by atoms with Crippen LogP contribution in [0.25, 0.3) is 0 Å². The Balaban J connectivity index is 2.11. The van der Waals surface area contributed by atoms with Crippen LogP contribution >= 0.6 is 15.9 Å². The minimum Gasteiger partial charge on any atom is -0.484 e. The van der Waals surface area contributed by atoms with Gasteiger partial charge in [0.05, 0.1) is 4.47 Å². The molecule has 1 aromatic heterocycles. The van der Waals surface area contributed by atoms with Gasteiger partial charge >= 0.3 is 0 Å². The van der Waals surface area contributed by atoms with Gasteiger partial charge in [-0.1, -0.05) is 6.07 Å². The van der Waals surface area contributed by atoms with Gasteiger partial charge < -0.3 is 16.2 Å². The predicted molar refractivity (Wildman–Crippen MR) is 71.9 cm³/mol. The Kier molecular flexibility index (Phi) is 3.61. The summed E-state index contributed by atoms with van der Waals surface area (Å²) >= 11 is 3.42. The van der Waals surface area contributed by atoms with Crippen LogP contribution in [0.1, 0.15) is 11.4 Å². The number of hydrogen-bond acceptors (Lipinski definition) is 6. The Hall–Kier alpha value is -1.89. The fourth-order valence-electron chi connectivity index (χ4n) is 1.39. The van der Waals surface area contributed by atoms with Gasteiger partial charge in [0.15, 0.2) is 5.82 Å². The third kappa shape index (κ3) is 3.07. The molecule has 0 radical (unpaired) electrons. The Labute approximate surface area is 113 Å². The molecule has 0 unspecified atom stereocenters. The van der Waals surface area contributed by atoms with E-state index < -0.39 is 0 Å². The van der Waals surface area contributed by atoms with Crippen molar-refractivity contribution < 1.29 is 4.74 Å². The number of benzene rings is 1. The molecule has 0 aliphatic carbocycles. The van der Waals surface area contributed by atoms with Gasteiger partial charge in [-0.05, 0) is 40.5 Å². The number of hydrogen-bond donors (Lipinski definition) is 2. The molecule has 0 aliphatic heterocycles. The summed E-state index contributed by atoms with van der Waals surface area (Å²) in [5, 5.41) is 0. The fourth-order valence-corrected chi connectivity index (χ4v) is 1.99. The molecule has 0 amide bonds. The second-order valence-electron chi connectivity index (χ2n) is 3.69. The normalized spacial score (nSPS) is 10.3. The van der Waals surface area contributed by atoms with Crippen LogP contribution in [0.15, 0.2) is 22.7 Å². The smallest absolute Gasteiger partial charge is 0.225 e. The highest BCUT2D eigenvalue weighted by molar-refractivity contribution is 9.10. The molecular formula is C11H12BrN5O. The monoisotopic (exact) mass is 309 g/mol. The molecule has 0 saturated carbocycles. The first-order chi connectivity index (χ1) is 8.54. The summed E-state index contributed by atoms with van der Waals surface area (Å²) in [5.74, 6) is 1.28. The van der Waals surface area contributed by atoms with Gasteiger partial charge in [0, 0.05) is 0 Å². The lowest BCUT2D eigenvalue weighted by molar-refractivity contribution is 0.294. The molecular weight excluding hydrogens is 298 g/mol. The summed E-state index contributed by atoms with van der Waals surface area (Å²) in [6.07, 6.45) is 0. The minimum absolute atomic E-state index is 0.0871. The zero-order chi connectivity index (χ0) is 13.1. The van der Waals surface area contributed by atoms with Gasteiger partial charge in [-0.15, -0.1) is 0 Å². The van der Waals surface area contributed by atoms with Crippen LogP contribution in [0, 0.1) is 6.92 Å². The molecule has 0 spiro atoms. The SMILES string of the molecule is Cc1ccc(OCc2nc(N)nc(N)n2)c(Br)c1. The van der Waals surface area contributed by atoms with Crippen molar-refractivity contribution in [2.24, 2.45) is 0 Å². The number of nitrogen functional groups attached to an aromatic ring is 2. The number of halogens is 1. The number of nitrogens with two attached hydrogens (primary N) is 2. The summed E-state index contributed by atoms with van der Waals surface area (Å²) in [7, 11) is 0. The molecule has 0 fully saturated rings. The predicted octanol–water partition coefficient (Wildman–Crippen LogP) is 1.69. The van der Waals surface area contributed by atoms with Gasteiger partial charge in [0.2, 0.25) is 11.9 Å². The van der Waals surface area contributed by atoms with Crippen LogP contribution in [0.2, 0.25) is 0 Å². The Morgan fingerprint density at radius 2 is 1.83 bits per heavy atom. The average molecular weight is 310 g/mol. The lowest BCUT2D eigenvalue weighted by Crippen LogP contribution is -2.09. The average Bonchev–Trinajstić information content (AvgIpc) is 2.26. The van der Waals surface area contributed by atoms with Crippen LogP contribution in [0.4, 0.5) is 11.9 Å². The van der Waals surface area contributed by atoms with E-state index >= 15 is 0 Å². The molecule has 4 N–H and O–H groups in total. The van der Waals surface area contributed by atoms with Crippen molar-refractivity contribution in [3.63, 3.8) is 0 Å². The summed E-state index contributed by atoms with van der Waals surface area (Å²) in [6.45, 7) is 2.18. The zero-order valence-electron chi connectivity index (χ0n) is 9.72. The van der Waals surface area contributed by atoms with Crippen molar-refractivity contribution in [3.8, 4) is 5.75 Å². The highest BCUT2D eigenvalue weighted by Gasteiger charge is 2.05. The van der Waals surface area contributed by atoms with Crippen molar-refractivity contribution in [3.05, 3.63) is 34.1 Å². The third-order valence-electron chi connectivity index (χ3n) is 2.16. The maximum Gasteiger partial charge on any atom is 0.225 e. The van der Waals surface area contributed by atoms with Crippen molar-refractivity contribution in [1.82, 2.24) is 15.0 Å². The zero-order valence-corrected chi connectivity index (χ0v) is 11.3. The van der Waals surface area contributed by atoms with Crippen LogP contribution < -0.4 is 16.2 Å². The Bertz CT molecular complexity index is 555. The van der Waals surface area contributed by atoms with Gasteiger partial charge in [-0.25, -0.2) is 0 Å². The summed E-state index contributed by atoms with van der Waals surface area (Å²) in [4.78, 5) is 11.6. The quantitative estimate of drug-likeness (QED) is 0.895. The van der Waals surface area contributed by atoms with Crippen molar-refractivity contribution >= 4 is 27.8 Å². The van der Waals surface area contributed by atoms with Gasteiger partial charge in [-0.3, -0.25) is 0 Å². The highest BCUT2D eigenvalue weighted by Crippen LogP contribution is 2.26. The molecule has 1 heterocycles. The first kappa shape index (κ1) is 12.6. The van der Waals surface area contributed by atoms with E-state index in [0.717, 1.165) is 10.0 Å². The molecule has 1 aromatic carbocycles. The van der Waals surface area contributed by atoms with E-state index in [4.69, 9.17) is 16.2 Å². The van der Waals surface area contributed by atoms with E-state index in [1.807, 2.05) is 25.1 Å². The number of aromatic nitrogens is 3. The van der Waals surface area contributed by atoms with E-state index in [1.54, 1.807) is 0 Å². The van der Waals surface area contributed by atoms with Crippen LogP contribution in [0.5, 0.6) is 5.75 Å². The molecule has 0 aliphatic rings. The van der Waals surface area contributed by atoms with Crippen LogP contribution in [-0.4, -0.2) is 15.0 Å². The summed E-state index contributed by atoms with van der Waals surface area (Å²) in [6, 6.07) is 5.79. The summed E-state index contributed by atoms with van der Waals surface area (Å²) < 4.78 is 6.45. The molecule has 2 rings (SSSR count). The van der Waals surface area contributed by atoms with Crippen molar-refractivity contribution in [2.45, 2.75) is 13.5 Å². The third-order valence-corrected chi connectivity index (χ3v) is 2.78. The van der Waals surface area contributed by atoms with Crippen LogP contribution in [0.3, 0.4) is 0 Å². The molecule has 94 valence electrons. The first-order valence-corrected chi connectivity index (χ1v) is 5.99. The second-order valence-corrected chi connectivity index (χ2v) is 4.54. The van der Waals surface area contributed by atoms with Crippen molar-refractivity contribution in [2.75, 3.05) is 11.5 Å². The molecule has 0 bridgehead atoms. The fraction of sp³-hybridized carbons (Fsp3) is 0.182. The number of nitrogens with zero attached hydrogens (tertiary/aromatic N) is 3. The van der Waals surface area contributed by atoms with Crippen LogP contribution in [-0.2, 0) is 6.61 Å². The standard InChI is InChI=1S/C11H12BrN5O/c1-6-2-3-8(7(12)4-6)18-5-9-15-10(13)17-11(14)16-9/h2-4H,5H2,1H3,(H4,13,14,15,16,17). The molecule has 0 saturated heterocycles. The number of ether oxygens (including phenoxy) is 1. The Morgan fingerprint density at radius 3 is 2.44 bits per heavy atom. The maximum atomic E-state index is 5.58. The lowest BCUT2D eigenvalue weighted by atomic mass is 10.2.